The van der Waals surface area contributed by atoms with Crippen LogP contribution in [0, 0.1) is 0 Å². The average molecular weight is 451 g/mol. The van der Waals surface area contributed by atoms with Crippen molar-refractivity contribution in [3.8, 4) is 5.75 Å². The van der Waals surface area contributed by atoms with Gasteiger partial charge >= 0.3 is 5.63 Å². The lowest BCUT2D eigenvalue weighted by Crippen LogP contribution is -2.20. The fourth-order valence-corrected chi connectivity index (χ4v) is 4.35. The summed E-state index contributed by atoms with van der Waals surface area (Å²) in [6.07, 6.45) is 0. The van der Waals surface area contributed by atoms with Gasteiger partial charge < -0.3 is 14.5 Å². The van der Waals surface area contributed by atoms with Gasteiger partial charge in [0.25, 0.3) is 10.0 Å². The Morgan fingerprint density at radius 1 is 0.875 bits per heavy atom. The molecule has 0 saturated heterocycles. The predicted molar refractivity (Wildman–Crippen MR) is 125 cm³/mol. The number of rotatable bonds is 8. The van der Waals surface area contributed by atoms with Crippen molar-refractivity contribution in [2.24, 2.45) is 0 Å². The maximum absolute atomic E-state index is 13.0. The minimum absolute atomic E-state index is 0.00233. The van der Waals surface area contributed by atoms with Crippen molar-refractivity contribution in [1.82, 2.24) is 0 Å². The molecule has 32 heavy (non-hydrogen) atoms. The zero-order valence-corrected chi connectivity index (χ0v) is 18.2. The Bertz CT molecular complexity index is 1380. The van der Waals surface area contributed by atoms with Crippen LogP contribution in [-0.4, -0.2) is 15.0 Å². The number of fused-ring (bicyclic) bond motifs is 1. The van der Waals surface area contributed by atoms with Gasteiger partial charge in [-0.2, -0.15) is 0 Å². The van der Waals surface area contributed by atoms with Crippen LogP contribution in [0.4, 0.5) is 11.4 Å². The number of para-hydroxylation sites is 1. The molecule has 3 aromatic carbocycles. The number of anilines is 2. The first kappa shape index (κ1) is 21.5. The van der Waals surface area contributed by atoms with Crippen LogP contribution in [0.2, 0.25) is 0 Å². The van der Waals surface area contributed by atoms with Gasteiger partial charge in [0.1, 0.15) is 11.3 Å². The van der Waals surface area contributed by atoms with Crippen LogP contribution in [0.3, 0.4) is 0 Å². The zero-order valence-electron chi connectivity index (χ0n) is 17.4. The Morgan fingerprint density at radius 2 is 1.56 bits per heavy atom. The molecule has 0 aliphatic rings. The van der Waals surface area contributed by atoms with Crippen LogP contribution in [0.1, 0.15) is 12.5 Å². The Kier molecular flexibility index (Phi) is 6.13. The summed E-state index contributed by atoms with van der Waals surface area (Å²) in [6.45, 7) is 2.71. The van der Waals surface area contributed by atoms with E-state index in [0.717, 1.165) is 5.56 Å². The highest BCUT2D eigenvalue weighted by molar-refractivity contribution is 7.92. The van der Waals surface area contributed by atoms with Crippen LogP contribution in [0.15, 0.2) is 93.0 Å². The smallest absolute Gasteiger partial charge is 0.363 e. The van der Waals surface area contributed by atoms with E-state index in [-0.39, 0.29) is 10.6 Å². The standard InChI is InChI=1S/C24H22N2O5S/c1-2-30-18-12-14-19(15-13-18)32(28,29)26-23-22(25-16-17-8-4-3-5-9-17)20-10-6-7-11-21(20)31-24(23)27/h3-15,25-26H,2,16H2,1H3. The first-order chi connectivity index (χ1) is 15.5. The fraction of sp³-hybridized carbons (Fsp3) is 0.125. The van der Waals surface area contributed by atoms with Crippen LogP contribution < -0.4 is 20.4 Å². The molecule has 4 rings (SSSR count). The summed E-state index contributed by atoms with van der Waals surface area (Å²) >= 11 is 0. The highest BCUT2D eigenvalue weighted by Gasteiger charge is 2.22. The van der Waals surface area contributed by atoms with E-state index in [2.05, 4.69) is 10.0 Å². The van der Waals surface area contributed by atoms with Gasteiger partial charge in [-0.15, -0.1) is 0 Å². The summed E-state index contributed by atoms with van der Waals surface area (Å²) in [4.78, 5) is 12.8. The highest BCUT2D eigenvalue weighted by Crippen LogP contribution is 2.31. The molecular weight excluding hydrogens is 428 g/mol. The van der Waals surface area contributed by atoms with Crippen molar-refractivity contribution in [1.29, 1.82) is 0 Å². The number of ether oxygens (including phenoxy) is 1. The first-order valence-corrected chi connectivity index (χ1v) is 11.6. The van der Waals surface area contributed by atoms with E-state index < -0.39 is 15.6 Å². The van der Waals surface area contributed by atoms with Gasteiger partial charge in [0.2, 0.25) is 0 Å². The van der Waals surface area contributed by atoms with Gasteiger partial charge in [0.05, 0.1) is 17.2 Å². The summed E-state index contributed by atoms with van der Waals surface area (Å²) in [5, 5.41) is 3.80. The van der Waals surface area contributed by atoms with Gasteiger partial charge in [0, 0.05) is 11.9 Å². The molecule has 0 aliphatic carbocycles. The van der Waals surface area contributed by atoms with Crippen molar-refractivity contribution >= 4 is 32.4 Å². The third-order valence-corrected chi connectivity index (χ3v) is 6.17. The van der Waals surface area contributed by atoms with E-state index in [1.165, 1.54) is 12.1 Å². The topological polar surface area (TPSA) is 97.6 Å². The van der Waals surface area contributed by atoms with Crippen LogP contribution in [-0.2, 0) is 16.6 Å². The quantitative estimate of drug-likeness (QED) is 0.381. The first-order valence-electron chi connectivity index (χ1n) is 10.1. The largest absolute Gasteiger partial charge is 0.494 e. The predicted octanol–water partition coefficient (Wildman–Crippen LogP) is 4.60. The molecule has 1 heterocycles. The fourth-order valence-electron chi connectivity index (χ4n) is 3.29. The van der Waals surface area contributed by atoms with Gasteiger partial charge in [-0.25, -0.2) is 13.2 Å². The number of sulfonamides is 1. The molecule has 7 nitrogen and oxygen atoms in total. The highest BCUT2D eigenvalue weighted by atomic mass is 32.2. The summed E-state index contributed by atoms with van der Waals surface area (Å²) < 4.78 is 39.2. The van der Waals surface area contributed by atoms with E-state index in [1.807, 2.05) is 37.3 Å². The van der Waals surface area contributed by atoms with E-state index >= 15 is 0 Å². The third kappa shape index (κ3) is 4.60. The molecule has 0 spiro atoms. The van der Waals surface area contributed by atoms with Crippen LogP contribution in [0.25, 0.3) is 11.0 Å². The lowest BCUT2D eigenvalue weighted by atomic mass is 10.1. The second-order valence-corrected chi connectivity index (χ2v) is 8.67. The maximum Gasteiger partial charge on any atom is 0.363 e. The number of hydrogen-bond acceptors (Lipinski definition) is 6. The van der Waals surface area contributed by atoms with E-state index in [9.17, 15) is 13.2 Å². The summed E-state index contributed by atoms with van der Waals surface area (Å²) in [5.41, 5.74) is 0.736. The van der Waals surface area contributed by atoms with E-state index in [1.54, 1.807) is 36.4 Å². The summed E-state index contributed by atoms with van der Waals surface area (Å²) in [5.74, 6) is 0.557. The molecular formula is C24H22N2O5S. The van der Waals surface area contributed by atoms with Crippen molar-refractivity contribution < 1.29 is 17.6 Å². The molecule has 0 atom stereocenters. The van der Waals surface area contributed by atoms with Crippen molar-refractivity contribution in [3.63, 3.8) is 0 Å². The van der Waals surface area contributed by atoms with Gasteiger partial charge in [-0.05, 0) is 48.9 Å². The molecule has 8 heteroatoms. The lowest BCUT2D eigenvalue weighted by molar-refractivity contribution is 0.340. The van der Waals surface area contributed by atoms with Crippen molar-refractivity contribution in [2.75, 3.05) is 16.6 Å². The minimum Gasteiger partial charge on any atom is -0.494 e. The minimum atomic E-state index is -4.05. The third-order valence-electron chi connectivity index (χ3n) is 4.81. The molecule has 0 fully saturated rings. The lowest BCUT2D eigenvalue weighted by Gasteiger charge is -2.15. The number of benzene rings is 3. The van der Waals surface area contributed by atoms with Crippen molar-refractivity contribution in [3.05, 3.63) is 94.8 Å². The van der Waals surface area contributed by atoms with Gasteiger partial charge in [-0.3, -0.25) is 4.72 Å². The molecule has 2 N–H and O–H groups in total. The molecule has 164 valence electrons. The normalized spacial score (nSPS) is 11.3. The Labute approximate surface area is 185 Å². The molecule has 0 unspecified atom stereocenters. The monoisotopic (exact) mass is 450 g/mol. The van der Waals surface area contributed by atoms with Gasteiger partial charge in [-0.1, -0.05) is 42.5 Å². The Morgan fingerprint density at radius 3 is 2.28 bits per heavy atom. The van der Waals surface area contributed by atoms with Crippen LogP contribution >= 0.6 is 0 Å². The molecule has 0 amide bonds. The summed E-state index contributed by atoms with van der Waals surface area (Å²) in [6, 6.07) is 22.5. The Balaban J connectivity index is 1.73. The molecule has 4 aromatic rings. The van der Waals surface area contributed by atoms with E-state index in [4.69, 9.17) is 9.15 Å². The molecule has 0 saturated carbocycles. The second kappa shape index (κ2) is 9.15. The van der Waals surface area contributed by atoms with Crippen molar-refractivity contribution in [2.45, 2.75) is 18.4 Å². The van der Waals surface area contributed by atoms with Crippen LogP contribution in [0.5, 0.6) is 5.75 Å². The van der Waals surface area contributed by atoms with E-state index in [0.29, 0.717) is 35.6 Å². The Hall–Kier alpha value is -3.78. The number of hydrogen-bond donors (Lipinski definition) is 2. The molecule has 0 aliphatic heterocycles. The maximum atomic E-state index is 13.0. The molecule has 0 radical (unpaired) electrons. The zero-order chi connectivity index (χ0) is 22.6. The second-order valence-electron chi connectivity index (χ2n) is 6.98. The summed E-state index contributed by atoms with van der Waals surface area (Å²) in [7, 11) is -4.05. The average Bonchev–Trinajstić information content (AvgIpc) is 2.80. The SMILES string of the molecule is CCOc1ccc(S(=O)(=O)Nc2c(NCc3ccccc3)c3ccccc3oc2=O)cc1. The molecule has 1 aromatic heterocycles. The molecule has 0 bridgehead atoms. The van der Waals surface area contributed by atoms with Gasteiger partial charge in [0.15, 0.2) is 5.69 Å². The number of nitrogens with one attached hydrogen (secondary N) is 2.